The number of carbonyl (C=O) groups is 3. The normalized spacial score (nSPS) is 17.8. The molecule has 1 fully saturated rings. The largest absolute Gasteiger partial charge is 0.477 e. The van der Waals surface area contributed by atoms with Gasteiger partial charge in [0, 0.05) is 40.4 Å². The molecule has 242 valence electrons. The Kier molecular flexibility index (Phi) is 9.14. The van der Waals surface area contributed by atoms with E-state index < -0.39 is 29.2 Å². The Bertz CT molecular complexity index is 2010. The molecular weight excluding hydrogens is 686 g/mol. The maximum Gasteiger partial charge on any atom is 0.352 e. The second-order valence-electron chi connectivity index (χ2n) is 10.4. The lowest BCUT2D eigenvalue weighted by Crippen LogP contribution is -2.71. The number of benzene rings is 1. The number of fused-ring (bicyclic) bond motifs is 2. The smallest absolute Gasteiger partial charge is 0.352 e. The molecule has 3 aromatic heterocycles. The molecule has 14 nitrogen and oxygen atoms in total. The highest BCUT2D eigenvalue weighted by Gasteiger charge is 2.55. The van der Waals surface area contributed by atoms with E-state index in [4.69, 9.17) is 33.3 Å². The molecular formula is C29H27ClN9O5S3+. The van der Waals surface area contributed by atoms with Gasteiger partial charge in [0.05, 0.1) is 0 Å². The minimum atomic E-state index is -1.23. The van der Waals surface area contributed by atoms with Gasteiger partial charge in [0.15, 0.2) is 34.9 Å². The van der Waals surface area contributed by atoms with E-state index in [0.29, 0.717) is 17.9 Å². The predicted molar refractivity (Wildman–Crippen MR) is 180 cm³/mol. The number of thiazole rings is 1. The number of oxime groups is 1. The van der Waals surface area contributed by atoms with E-state index in [9.17, 15) is 19.5 Å². The molecule has 0 bridgehead atoms. The molecule has 2 aliphatic heterocycles. The Hall–Kier alpha value is -4.58. The predicted octanol–water partition coefficient (Wildman–Crippen LogP) is 2.44. The first kappa shape index (κ1) is 32.4. The van der Waals surface area contributed by atoms with E-state index in [0.717, 1.165) is 32.7 Å². The number of nitrogens with one attached hydrogen (secondary N) is 2. The van der Waals surface area contributed by atoms with Crippen molar-refractivity contribution in [2.45, 2.75) is 29.4 Å². The van der Waals surface area contributed by atoms with E-state index in [-0.39, 0.29) is 38.3 Å². The van der Waals surface area contributed by atoms with E-state index in [1.165, 1.54) is 35.5 Å². The lowest BCUT2D eigenvalue weighted by molar-refractivity contribution is -0.687. The van der Waals surface area contributed by atoms with E-state index in [1.54, 1.807) is 0 Å². The molecule has 4 aromatic rings. The van der Waals surface area contributed by atoms with Crippen molar-refractivity contribution < 1.29 is 28.9 Å². The molecule has 18 heteroatoms. The van der Waals surface area contributed by atoms with Crippen molar-refractivity contribution in [3.8, 4) is 0 Å². The fraction of sp³-hybridized carbons (Fsp3) is 0.207. The van der Waals surface area contributed by atoms with Gasteiger partial charge in [-0.05, 0) is 23.8 Å². The number of aromatic nitrogens is 3. The molecule has 5 heterocycles. The molecule has 0 aliphatic carbocycles. The molecule has 0 radical (unpaired) electrons. The number of nitrogens with zero attached hydrogens (tertiary/aromatic N) is 5. The molecule has 2 aliphatic rings. The molecule has 0 spiro atoms. The highest BCUT2D eigenvalue weighted by Crippen LogP contribution is 2.40. The van der Waals surface area contributed by atoms with Crippen molar-refractivity contribution in [2.75, 3.05) is 18.6 Å². The number of anilines is 1. The number of halogens is 1. The maximum atomic E-state index is 13.3. The number of carboxylic acids is 1. The van der Waals surface area contributed by atoms with Gasteiger partial charge in [-0.25, -0.2) is 9.78 Å². The Morgan fingerprint density at radius 3 is 2.85 bits per heavy atom. The van der Waals surface area contributed by atoms with Crippen LogP contribution in [0.15, 0.2) is 76.3 Å². The van der Waals surface area contributed by atoms with Gasteiger partial charge in [-0.15, -0.1) is 11.8 Å². The Labute approximate surface area is 284 Å². The number of hydrogen-bond donors (Lipinski definition) is 5. The van der Waals surface area contributed by atoms with Gasteiger partial charge in [-0.3, -0.25) is 19.9 Å². The minimum Gasteiger partial charge on any atom is -0.477 e. The SMILES string of the molecule is CO/N=C(\C(=O)N[C@@H]1C(=O)N2C(C(=O)O)=C(C[n+]3ccc4ccn(Cc5cccc(SC(=N)N)c5)c4c3)CS[C@H]12)c1nc(N)sc1Cl. The number of carboxylic acid groups (broad SMARTS) is 1. The monoisotopic (exact) mass is 712 g/mol. The number of rotatable bonds is 10. The van der Waals surface area contributed by atoms with Gasteiger partial charge < -0.3 is 31.3 Å². The topological polar surface area (TPSA) is 206 Å². The van der Waals surface area contributed by atoms with Crippen LogP contribution in [0.2, 0.25) is 4.34 Å². The first-order chi connectivity index (χ1) is 22.5. The van der Waals surface area contributed by atoms with Crippen LogP contribution in [0.1, 0.15) is 11.3 Å². The highest BCUT2D eigenvalue weighted by molar-refractivity contribution is 8.13. The summed E-state index contributed by atoms with van der Waals surface area (Å²) in [6.45, 7) is 0.817. The third kappa shape index (κ3) is 6.51. The molecule has 0 saturated carbocycles. The van der Waals surface area contributed by atoms with E-state index >= 15 is 0 Å². The number of amidine groups is 1. The highest BCUT2D eigenvalue weighted by atomic mass is 35.5. The van der Waals surface area contributed by atoms with Crippen LogP contribution in [-0.4, -0.2) is 72.5 Å². The van der Waals surface area contributed by atoms with Gasteiger partial charge in [-0.2, -0.15) is 4.57 Å². The number of carbonyl (C=O) groups excluding carboxylic acids is 2. The number of β-lactam (4-membered cyclic amide) rings is 1. The van der Waals surface area contributed by atoms with Crippen molar-refractivity contribution >= 4 is 91.2 Å². The zero-order valence-corrected chi connectivity index (χ0v) is 27.8. The molecule has 0 unspecified atom stereocenters. The Morgan fingerprint density at radius 2 is 2.15 bits per heavy atom. The summed E-state index contributed by atoms with van der Waals surface area (Å²) in [6.07, 6.45) is 5.80. The molecule has 6 rings (SSSR count). The molecule has 2 amide bonds. The summed E-state index contributed by atoms with van der Waals surface area (Å²) in [4.78, 5) is 49.9. The van der Waals surface area contributed by atoms with Crippen LogP contribution in [0.25, 0.3) is 10.9 Å². The van der Waals surface area contributed by atoms with Gasteiger partial charge in [0.2, 0.25) is 0 Å². The summed E-state index contributed by atoms with van der Waals surface area (Å²) in [5.74, 6) is -2.24. The fourth-order valence-corrected chi connectivity index (χ4v) is 8.29. The average molecular weight is 713 g/mol. The number of amides is 2. The van der Waals surface area contributed by atoms with Gasteiger partial charge in [-0.1, -0.05) is 52.0 Å². The number of nitrogens with two attached hydrogens (primary N) is 2. The Balaban J connectivity index is 1.20. The van der Waals surface area contributed by atoms with Crippen molar-refractivity contribution in [3.05, 3.63) is 81.9 Å². The van der Waals surface area contributed by atoms with E-state index in [2.05, 4.69) is 20.0 Å². The lowest BCUT2D eigenvalue weighted by atomic mass is 10.0. The van der Waals surface area contributed by atoms with Crippen LogP contribution in [-0.2, 0) is 32.3 Å². The number of nitrogen functional groups attached to an aromatic ring is 1. The summed E-state index contributed by atoms with van der Waals surface area (Å²) < 4.78 is 4.10. The number of pyridine rings is 1. The standard InChI is InChI=1S/C29H26ClN9O5S3/c1-44-36-20(19-23(30)47-29(33)35-19)24(40)34-21-25(41)39-22(27(42)43)16(13-45-26(21)39)11-37-7-5-15-6-8-38(18(15)12-37)10-14-3-2-4-17(9-14)46-28(31)32/h2-9,12,21,26H,10-11,13H2,1H3,(H6-,31,32,33,34,35,40,42,43)/p+1/b36-20-/t21-,26-/m1/s1. The quantitative estimate of drug-likeness (QED) is 0.0405. The first-order valence-corrected chi connectivity index (χ1v) is 16.9. The van der Waals surface area contributed by atoms with Crippen molar-refractivity contribution in [2.24, 2.45) is 10.9 Å². The van der Waals surface area contributed by atoms with Gasteiger partial charge >= 0.3 is 5.97 Å². The number of hydrogen-bond acceptors (Lipinski definition) is 11. The summed E-state index contributed by atoms with van der Waals surface area (Å²) >= 11 is 9.66. The zero-order valence-electron chi connectivity index (χ0n) is 24.5. The second kappa shape index (κ2) is 13.3. The lowest BCUT2D eigenvalue weighted by Gasteiger charge is -2.49. The third-order valence-corrected chi connectivity index (χ3v) is 10.5. The van der Waals surface area contributed by atoms with Crippen LogP contribution < -0.4 is 21.4 Å². The third-order valence-electron chi connectivity index (χ3n) is 7.39. The van der Waals surface area contributed by atoms with Crippen molar-refractivity contribution in [1.29, 1.82) is 5.41 Å². The van der Waals surface area contributed by atoms with Gasteiger partial charge in [0.1, 0.15) is 39.8 Å². The van der Waals surface area contributed by atoms with Crippen molar-refractivity contribution in [3.63, 3.8) is 0 Å². The first-order valence-electron chi connectivity index (χ1n) is 13.9. The summed E-state index contributed by atoms with van der Waals surface area (Å²) in [6, 6.07) is 10.8. The molecule has 2 atom stereocenters. The minimum absolute atomic E-state index is 0.0162. The Morgan fingerprint density at radius 1 is 1.34 bits per heavy atom. The van der Waals surface area contributed by atoms with Crippen LogP contribution >= 0.6 is 46.5 Å². The molecule has 7 N–H and O–H groups in total. The van der Waals surface area contributed by atoms with E-state index in [1.807, 2.05) is 59.6 Å². The second-order valence-corrected chi connectivity index (χ2v) is 14.3. The number of aliphatic carboxylic acids is 1. The molecule has 1 saturated heterocycles. The average Bonchev–Trinajstić information content (AvgIpc) is 3.58. The summed E-state index contributed by atoms with van der Waals surface area (Å²) in [5.41, 5.74) is 13.4. The maximum absolute atomic E-state index is 13.3. The summed E-state index contributed by atoms with van der Waals surface area (Å²) in [7, 11) is 1.25. The summed E-state index contributed by atoms with van der Waals surface area (Å²) in [5, 5.41) is 24.6. The molecule has 1 aromatic carbocycles. The van der Waals surface area contributed by atoms with Crippen LogP contribution in [0.3, 0.4) is 0 Å². The van der Waals surface area contributed by atoms with Crippen molar-refractivity contribution in [1.82, 2.24) is 19.8 Å². The zero-order chi connectivity index (χ0) is 33.4. The molecule has 47 heavy (non-hydrogen) atoms. The van der Waals surface area contributed by atoms with Crippen LogP contribution in [0.5, 0.6) is 0 Å². The fourth-order valence-electron chi connectivity index (χ4n) is 5.42. The van der Waals surface area contributed by atoms with Gasteiger partial charge in [0.25, 0.3) is 11.8 Å². The van der Waals surface area contributed by atoms with Crippen LogP contribution in [0, 0.1) is 5.41 Å². The van der Waals surface area contributed by atoms with Crippen LogP contribution in [0.4, 0.5) is 5.13 Å². The number of thioether (sulfide) groups is 2.